The third-order valence-electron chi connectivity index (χ3n) is 4.70. The molecule has 0 saturated carbocycles. The Morgan fingerprint density at radius 1 is 1.11 bits per heavy atom. The van der Waals surface area contributed by atoms with Gasteiger partial charge in [-0.2, -0.15) is 5.10 Å². The van der Waals surface area contributed by atoms with Gasteiger partial charge < -0.3 is 14.8 Å². The predicted octanol–water partition coefficient (Wildman–Crippen LogP) is 4.02. The van der Waals surface area contributed by atoms with Crippen LogP contribution in [0.15, 0.2) is 48.7 Å². The van der Waals surface area contributed by atoms with E-state index < -0.39 is 0 Å². The summed E-state index contributed by atoms with van der Waals surface area (Å²) in [5.41, 5.74) is 2.75. The fourth-order valence-corrected chi connectivity index (χ4v) is 3.49. The fraction of sp³-hybridized carbons (Fsp3) is 0.200. The van der Waals surface area contributed by atoms with Crippen molar-refractivity contribution in [2.75, 3.05) is 19.5 Å². The van der Waals surface area contributed by atoms with Gasteiger partial charge in [-0.1, -0.05) is 17.7 Å². The van der Waals surface area contributed by atoms with Crippen molar-refractivity contribution in [3.63, 3.8) is 0 Å². The summed E-state index contributed by atoms with van der Waals surface area (Å²) in [5, 5.41) is 8.08. The number of nitrogens with one attached hydrogen (secondary N) is 1. The summed E-state index contributed by atoms with van der Waals surface area (Å²) in [4.78, 5) is 12.4. The summed E-state index contributed by atoms with van der Waals surface area (Å²) < 4.78 is 12.4. The molecule has 2 aromatic carbocycles. The second-order valence-corrected chi connectivity index (χ2v) is 6.69. The first kappa shape index (κ1) is 17.4. The zero-order valence-corrected chi connectivity index (χ0v) is 15.7. The van der Waals surface area contributed by atoms with Gasteiger partial charge in [0.05, 0.1) is 26.1 Å². The van der Waals surface area contributed by atoms with E-state index >= 15 is 0 Å². The van der Waals surface area contributed by atoms with Crippen LogP contribution in [0.3, 0.4) is 0 Å². The van der Waals surface area contributed by atoms with Crippen molar-refractivity contribution in [2.45, 2.75) is 12.3 Å². The topological polar surface area (TPSA) is 65.4 Å². The summed E-state index contributed by atoms with van der Waals surface area (Å²) in [7, 11) is 3.19. The van der Waals surface area contributed by atoms with Crippen molar-refractivity contribution in [2.24, 2.45) is 0 Å². The predicted molar refractivity (Wildman–Crippen MR) is 103 cm³/mol. The molecular formula is C20H18ClN3O3. The van der Waals surface area contributed by atoms with Gasteiger partial charge in [0.25, 0.3) is 0 Å². The summed E-state index contributed by atoms with van der Waals surface area (Å²) >= 11 is 5.97. The molecule has 0 bridgehead atoms. The van der Waals surface area contributed by atoms with Gasteiger partial charge in [0.2, 0.25) is 5.91 Å². The van der Waals surface area contributed by atoms with Gasteiger partial charge in [0.15, 0.2) is 11.5 Å². The Balaban J connectivity index is 1.78. The first-order valence-corrected chi connectivity index (χ1v) is 8.84. The molecule has 1 aliphatic rings. The number of ether oxygens (including phenoxy) is 2. The first-order valence-electron chi connectivity index (χ1n) is 8.46. The molecule has 1 aromatic heterocycles. The molecule has 0 spiro atoms. The van der Waals surface area contributed by atoms with Crippen molar-refractivity contribution < 1.29 is 14.3 Å². The van der Waals surface area contributed by atoms with Gasteiger partial charge in [-0.3, -0.25) is 4.79 Å². The van der Waals surface area contributed by atoms with Crippen LogP contribution in [0.4, 0.5) is 5.82 Å². The Hall–Kier alpha value is -2.99. The van der Waals surface area contributed by atoms with E-state index in [1.165, 1.54) is 0 Å². The molecule has 0 aliphatic carbocycles. The monoisotopic (exact) mass is 383 g/mol. The van der Waals surface area contributed by atoms with Gasteiger partial charge in [-0.25, -0.2) is 4.68 Å². The number of aromatic nitrogens is 2. The van der Waals surface area contributed by atoms with E-state index in [9.17, 15) is 4.79 Å². The van der Waals surface area contributed by atoms with Gasteiger partial charge in [0, 0.05) is 22.9 Å². The van der Waals surface area contributed by atoms with Crippen LogP contribution in [-0.2, 0) is 4.79 Å². The maximum absolute atomic E-state index is 12.4. The van der Waals surface area contributed by atoms with E-state index in [1.54, 1.807) is 37.2 Å². The molecule has 1 atom stereocenters. The number of carbonyl (C=O) groups is 1. The SMILES string of the molecule is COc1ccc([C@H]2CC(=O)Nc3c2cnn3-c2ccc(Cl)cc2)cc1OC. The molecule has 1 amide bonds. The highest BCUT2D eigenvalue weighted by Crippen LogP contribution is 2.40. The average molecular weight is 384 g/mol. The third-order valence-corrected chi connectivity index (χ3v) is 4.95. The molecule has 0 unspecified atom stereocenters. The molecule has 0 saturated heterocycles. The Kier molecular flexibility index (Phi) is 4.49. The Morgan fingerprint density at radius 2 is 1.85 bits per heavy atom. The van der Waals surface area contributed by atoms with Gasteiger partial charge in [-0.15, -0.1) is 0 Å². The molecule has 0 radical (unpaired) electrons. The van der Waals surface area contributed by atoms with E-state index in [2.05, 4.69) is 10.4 Å². The Labute approximate surface area is 161 Å². The van der Waals surface area contributed by atoms with Gasteiger partial charge in [-0.05, 0) is 42.0 Å². The number of halogens is 1. The lowest BCUT2D eigenvalue weighted by Crippen LogP contribution is -2.24. The highest BCUT2D eigenvalue weighted by Gasteiger charge is 2.31. The lowest BCUT2D eigenvalue weighted by atomic mass is 9.87. The molecule has 7 heteroatoms. The minimum absolute atomic E-state index is 0.0574. The maximum atomic E-state index is 12.4. The summed E-state index contributed by atoms with van der Waals surface area (Å²) in [6, 6.07) is 13.0. The van der Waals surface area contributed by atoms with E-state index in [1.807, 2.05) is 30.3 Å². The number of nitrogens with zero attached hydrogens (tertiary/aromatic N) is 2. The molecular weight excluding hydrogens is 366 g/mol. The first-order chi connectivity index (χ1) is 13.1. The number of methoxy groups -OCH3 is 2. The number of carbonyl (C=O) groups excluding carboxylic acids is 1. The van der Waals surface area contributed by atoms with Gasteiger partial charge >= 0.3 is 0 Å². The molecule has 6 nitrogen and oxygen atoms in total. The van der Waals surface area contributed by atoms with E-state index in [0.717, 1.165) is 16.8 Å². The van der Waals surface area contributed by atoms with E-state index in [0.29, 0.717) is 28.8 Å². The normalized spacial score (nSPS) is 15.8. The lowest BCUT2D eigenvalue weighted by molar-refractivity contribution is -0.116. The van der Waals surface area contributed by atoms with Crippen LogP contribution in [0, 0.1) is 0 Å². The van der Waals surface area contributed by atoms with Crippen molar-refractivity contribution in [1.29, 1.82) is 0 Å². The number of anilines is 1. The van der Waals surface area contributed by atoms with E-state index in [4.69, 9.17) is 21.1 Å². The van der Waals surface area contributed by atoms with E-state index in [-0.39, 0.29) is 11.8 Å². The summed E-state index contributed by atoms with van der Waals surface area (Å²) in [5.74, 6) is 1.78. The Bertz CT molecular complexity index is 998. The molecule has 1 aliphatic heterocycles. The van der Waals surface area contributed by atoms with Crippen molar-refractivity contribution >= 4 is 23.3 Å². The number of benzene rings is 2. The summed E-state index contributed by atoms with van der Waals surface area (Å²) in [6.07, 6.45) is 2.14. The van der Waals surface area contributed by atoms with Crippen molar-refractivity contribution in [3.8, 4) is 17.2 Å². The minimum atomic E-state index is -0.116. The zero-order chi connectivity index (χ0) is 19.0. The molecule has 0 fully saturated rings. The van der Waals surface area contributed by atoms with Crippen LogP contribution in [0.5, 0.6) is 11.5 Å². The number of amides is 1. The lowest BCUT2D eigenvalue weighted by Gasteiger charge is -2.24. The highest BCUT2D eigenvalue weighted by molar-refractivity contribution is 6.30. The standard InChI is InChI=1S/C20H18ClN3O3/c1-26-17-8-3-12(9-18(17)27-2)15-10-19(25)23-20-16(15)11-22-24(20)14-6-4-13(21)5-7-14/h3-9,11,15H,10H2,1-2H3,(H,23,25)/t15-/m1/s1. The number of hydrogen-bond donors (Lipinski definition) is 1. The number of hydrogen-bond acceptors (Lipinski definition) is 4. The second-order valence-electron chi connectivity index (χ2n) is 6.26. The largest absolute Gasteiger partial charge is 0.493 e. The third kappa shape index (κ3) is 3.13. The van der Waals surface area contributed by atoms with Crippen LogP contribution in [0.2, 0.25) is 5.02 Å². The highest BCUT2D eigenvalue weighted by atomic mass is 35.5. The fourth-order valence-electron chi connectivity index (χ4n) is 3.36. The zero-order valence-electron chi connectivity index (χ0n) is 14.9. The van der Waals surface area contributed by atoms with Crippen LogP contribution < -0.4 is 14.8 Å². The minimum Gasteiger partial charge on any atom is -0.493 e. The Morgan fingerprint density at radius 3 is 2.56 bits per heavy atom. The smallest absolute Gasteiger partial charge is 0.226 e. The number of rotatable bonds is 4. The van der Waals surface area contributed by atoms with Crippen molar-refractivity contribution in [1.82, 2.24) is 9.78 Å². The summed E-state index contributed by atoms with van der Waals surface area (Å²) in [6.45, 7) is 0. The molecule has 138 valence electrons. The molecule has 2 heterocycles. The van der Waals surface area contributed by atoms with Crippen LogP contribution >= 0.6 is 11.6 Å². The van der Waals surface area contributed by atoms with Crippen LogP contribution in [-0.4, -0.2) is 29.9 Å². The maximum Gasteiger partial charge on any atom is 0.226 e. The van der Waals surface area contributed by atoms with Crippen LogP contribution in [0.1, 0.15) is 23.5 Å². The average Bonchev–Trinajstić information content (AvgIpc) is 3.11. The molecule has 3 aromatic rings. The van der Waals surface area contributed by atoms with Gasteiger partial charge in [0.1, 0.15) is 5.82 Å². The second kappa shape index (κ2) is 6.96. The molecule has 27 heavy (non-hydrogen) atoms. The number of fused-ring (bicyclic) bond motifs is 1. The molecule has 4 rings (SSSR count). The van der Waals surface area contributed by atoms with Crippen molar-refractivity contribution in [3.05, 3.63) is 64.8 Å². The molecule has 1 N–H and O–H groups in total. The van der Waals surface area contributed by atoms with Crippen LogP contribution in [0.25, 0.3) is 5.69 Å². The quantitative estimate of drug-likeness (QED) is 0.739.